The Morgan fingerprint density at radius 1 is 0.562 bits per heavy atom. The standard InChI is InChI=1S/2C12H25NO2.2CH4/c2*1-8(2)7-11(13-9(3)4)12(14)15-10(5)6;;/h2*8-11,13H,7H2,1-6H3;2*1H4/t2*11-;;/m10../s1. The predicted molar refractivity (Wildman–Crippen MR) is 139 cm³/mol. The second-order valence-electron chi connectivity index (χ2n) is 9.98. The van der Waals surface area contributed by atoms with E-state index in [9.17, 15) is 9.59 Å². The lowest BCUT2D eigenvalue weighted by Gasteiger charge is -2.22. The lowest BCUT2D eigenvalue weighted by Crippen LogP contribution is -2.43. The zero-order valence-electron chi connectivity index (χ0n) is 21.7. The molecule has 0 aromatic heterocycles. The molecule has 0 bridgehead atoms. The van der Waals surface area contributed by atoms with Crippen LogP contribution in [0.4, 0.5) is 0 Å². The number of nitrogens with one attached hydrogen (secondary N) is 2. The Hall–Kier alpha value is -1.14. The van der Waals surface area contributed by atoms with Gasteiger partial charge in [0.1, 0.15) is 12.1 Å². The maximum absolute atomic E-state index is 11.7. The van der Waals surface area contributed by atoms with E-state index in [4.69, 9.17) is 9.47 Å². The molecule has 0 spiro atoms. The predicted octanol–water partition coefficient (Wildman–Crippen LogP) is 5.97. The fourth-order valence-corrected chi connectivity index (χ4v) is 2.84. The van der Waals surface area contributed by atoms with Crippen LogP contribution in [0.25, 0.3) is 0 Å². The van der Waals surface area contributed by atoms with Crippen molar-refractivity contribution in [3.8, 4) is 0 Å². The summed E-state index contributed by atoms with van der Waals surface area (Å²) in [7, 11) is 0. The van der Waals surface area contributed by atoms with Crippen LogP contribution in [0.15, 0.2) is 0 Å². The third-order valence-corrected chi connectivity index (χ3v) is 3.76. The van der Waals surface area contributed by atoms with E-state index in [0.29, 0.717) is 23.9 Å². The number of hydrogen-bond acceptors (Lipinski definition) is 6. The van der Waals surface area contributed by atoms with Crippen molar-refractivity contribution in [1.29, 1.82) is 0 Å². The second kappa shape index (κ2) is 20.5. The van der Waals surface area contributed by atoms with Gasteiger partial charge in [0.15, 0.2) is 0 Å². The highest BCUT2D eigenvalue weighted by Crippen LogP contribution is 2.09. The van der Waals surface area contributed by atoms with Crippen molar-refractivity contribution >= 4 is 11.9 Å². The first-order valence-corrected chi connectivity index (χ1v) is 11.6. The van der Waals surface area contributed by atoms with E-state index in [1.54, 1.807) is 0 Å². The molecule has 6 nitrogen and oxygen atoms in total. The largest absolute Gasteiger partial charge is 0.462 e. The first kappa shape index (κ1) is 38.1. The smallest absolute Gasteiger partial charge is 0.323 e. The molecule has 0 unspecified atom stereocenters. The van der Waals surface area contributed by atoms with Crippen molar-refractivity contribution < 1.29 is 19.1 Å². The Morgan fingerprint density at radius 2 is 0.812 bits per heavy atom. The summed E-state index contributed by atoms with van der Waals surface area (Å²) in [6, 6.07) is 0.252. The molecule has 0 aromatic carbocycles. The maximum atomic E-state index is 11.7. The number of rotatable bonds is 12. The first-order chi connectivity index (χ1) is 13.6. The molecule has 0 aliphatic heterocycles. The van der Waals surface area contributed by atoms with Crippen LogP contribution < -0.4 is 10.6 Å². The van der Waals surface area contributed by atoms with Crippen LogP contribution in [-0.4, -0.2) is 48.3 Å². The molecule has 0 aliphatic rings. The van der Waals surface area contributed by atoms with Crippen molar-refractivity contribution in [2.45, 2.75) is 147 Å². The van der Waals surface area contributed by atoms with E-state index in [-0.39, 0.29) is 51.1 Å². The fraction of sp³-hybridized carbons (Fsp3) is 0.923. The van der Waals surface area contributed by atoms with Crippen LogP contribution in [0.5, 0.6) is 0 Å². The second-order valence-corrected chi connectivity index (χ2v) is 9.98. The minimum atomic E-state index is -0.174. The third kappa shape index (κ3) is 23.5. The Kier molecular flexibility index (Phi) is 24.4. The summed E-state index contributed by atoms with van der Waals surface area (Å²) in [5.74, 6) is 0.710. The number of hydrogen-bond donors (Lipinski definition) is 2. The van der Waals surface area contributed by atoms with Crippen LogP contribution in [0, 0.1) is 11.8 Å². The van der Waals surface area contributed by atoms with Crippen LogP contribution in [0.2, 0.25) is 0 Å². The molecule has 0 saturated carbocycles. The molecule has 196 valence electrons. The van der Waals surface area contributed by atoms with Gasteiger partial charge in [-0.3, -0.25) is 9.59 Å². The van der Waals surface area contributed by atoms with Crippen LogP contribution in [0.3, 0.4) is 0 Å². The van der Waals surface area contributed by atoms with Gasteiger partial charge >= 0.3 is 11.9 Å². The van der Waals surface area contributed by atoms with Gasteiger partial charge < -0.3 is 20.1 Å². The SMILES string of the molecule is C.C.CC(C)C[C@@H](NC(C)C)C(=O)OC(C)C.CC(C)C[C@H](NC(C)C)C(=O)OC(C)C. The van der Waals surface area contributed by atoms with Crippen molar-refractivity contribution in [2.24, 2.45) is 11.8 Å². The van der Waals surface area contributed by atoms with E-state index in [1.807, 2.05) is 55.4 Å². The fourth-order valence-electron chi connectivity index (χ4n) is 2.84. The molecule has 2 N–H and O–H groups in total. The monoisotopic (exact) mass is 462 g/mol. The first-order valence-electron chi connectivity index (χ1n) is 11.6. The van der Waals surface area contributed by atoms with Crippen molar-refractivity contribution in [2.75, 3.05) is 0 Å². The normalized spacial score (nSPS) is 12.8. The zero-order valence-corrected chi connectivity index (χ0v) is 21.7. The summed E-state index contributed by atoms with van der Waals surface area (Å²) in [6.07, 6.45) is 1.57. The number of esters is 2. The van der Waals surface area contributed by atoms with Gasteiger partial charge in [-0.1, -0.05) is 70.2 Å². The molecule has 32 heavy (non-hydrogen) atoms. The highest BCUT2D eigenvalue weighted by Gasteiger charge is 2.23. The third-order valence-electron chi connectivity index (χ3n) is 3.76. The van der Waals surface area contributed by atoms with Gasteiger partial charge in [-0.05, 0) is 52.4 Å². The van der Waals surface area contributed by atoms with Gasteiger partial charge in [0.05, 0.1) is 12.2 Å². The summed E-state index contributed by atoms with van der Waals surface area (Å²) in [4.78, 5) is 23.5. The van der Waals surface area contributed by atoms with Gasteiger partial charge in [-0.25, -0.2) is 0 Å². The molecule has 0 aliphatic carbocycles. The summed E-state index contributed by atoms with van der Waals surface area (Å²) in [5.41, 5.74) is 0. The summed E-state index contributed by atoms with van der Waals surface area (Å²) in [5, 5.41) is 6.48. The maximum Gasteiger partial charge on any atom is 0.323 e. The van der Waals surface area contributed by atoms with Gasteiger partial charge in [0.25, 0.3) is 0 Å². The molecule has 0 rings (SSSR count). The van der Waals surface area contributed by atoms with Gasteiger partial charge in [-0.15, -0.1) is 0 Å². The number of carbonyl (C=O) groups is 2. The topological polar surface area (TPSA) is 76.7 Å². The summed E-state index contributed by atoms with van der Waals surface area (Å²) in [6.45, 7) is 24.1. The van der Waals surface area contributed by atoms with Crippen molar-refractivity contribution in [3.05, 3.63) is 0 Å². The van der Waals surface area contributed by atoms with Crippen molar-refractivity contribution in [1.82, 2.24) is 10.6 Å². The molecule has 0 heterocycles. The van der Waals surface area contributed by atoms with E-state index in [1.165, 1.54) is 0 Å². The quantitative estimate of drug-likeness (QED) is 0.348. The Bertz CT molecular complexity index is 399. The summed E-state index contributed by atoms with van der Waals surface area (Å²) < 4.78 is 10.4. The minimum Gasteiger partial charge on any atom is -0.462 e. The highest BCUT2D eigenvalue weighted by atomic mass is 16.5. The van der Waals surface area contributed by atoms with Gasteiger partial charge in [0.2, 0.25) is 0 Å². The lowest BCUT2D eigenvalue weighted by molar-refractivity contribution is -0.151. The van der Waals surface area contributed by atoms with E-state index < -0.39 is 0 Å². The zero-order chi connectivity index (χ0) is 24.0. The summed E-state index contributed by atoms with van der Waals surface area (Å²) >= 11 is 0. The van der Waals surface area contributed by atoms with Crippen LogP contribution in [-0.2, 0) is 19.1 Å². The molecule has 6 heteroatoms. The van der Waals surface area contributed by atoms with E-state index in [2.05, 4.69) is 38.3 Å². The number of carbonyl (C=O) groups excluding carboxylic acids is 2. The Morgan fingerprint density at radius 3 is 0.969 bits per heavy atom. The molecular formula is C26H58N2O4. The lowest BCUT2D eigenvalue weighted by atomic mass is 10.0. The molecule has 0 aromatic rings. The average Bonchev–Trinajstić information content (AvgIpc) is 2.51. The minimum absolute atomic E-state index is 0. The molecule has 0 saturated heterocycles. The van der Waals surface area contributed by atoms with Crippen LogP contribution in [0.1, 0.15) is 111 Å². The van der Waals surface area contributed by atoms with E-state index in [0.717, 1.165) is 12.8 Å². The Labute approximate surface area is 201 Å². The van der Waals surface area contributed by atoms with Gasteiger partial charge in [-0.2, -0.15) is 0 Å². The molecular weight excluding hydrogens is 404 g/mol. The Balaban J connectivity index is -0.000000231. The molecule has 0 amide bonds. The van der Waals surface area contributed by atoms with Crippen molar-refractivity contribution in [3.63, 3.8) is 0 Å². The van der Waals surface area contributed by atoms with Gasteiger partial charge in [0, 0.05) is 12.1 Å². The molecule has 2 atom stereocenters. The molecule has 0 fully saturated rings. The highest BCUT2D eigenvalue weighted by molar-refractivity contribution is 5.76. The number of ether oxygens (including phenoxy) is 2. The average molecular weight is 463 g/mol. The van der Waals surface area contributed by atoms with E-state index >= 15 is 0 Å². The van der Waals surface area contributed by atoms with Crippen LogP contribution >= 0.6 is 0 Å². The molecule has 0 radical (unpaired) electrons.